The van der Waals surface area contributed by atoms with Gasteiger partial charge in [-0.15, -0.1) is 0 Å². The number of nitrogens with zero attached hydrogens (tertiary/aromatic N) is 2. The Labute approximate surface area is 144 Å². The third-order valence-corrected chi connectivity index (χ3v) is 4.54. The molecule has 6 heteroatoms. The van der Waals surface area contributed by atoms with Crippen molar-refractivity contribution >= 4 is 5.91 Å². The molecule has 134 valence electrons. The Morgan fingerprint density at radius 3 is 2.42 bits per heavy atom. The van der Waals surface area contributed by atoms with Gasteiger partial charge in [0.05, 0.1) is 20.3 Å². The average molecular weight is 335 g/mol. The number of ether oxygens (including phenoxy) is 2. The zero-order valence-electron chi connectivity index (χ0n) is 15.2. The molecule has 1 fully saturated rings. The van der Waals surface area contributed by atoms with E-state index < -0.39 is 0 Å². The fourth-order valence-electron chi connectivity index (χ4n) is 3.03. The first-order chi connectivity index (χ1) is 11.6. The quantitative estimate of drug-likeness (QED) is 0.815. The summed E-state index contributed by atoms with van der Waals surface area (Å²) in [5, 5.41) is 2.90. The number of rotatable bonds is 7. The Morgan fingerprint density at radius 1 is 1.17 bits per heavy atom. The van der Waals surface area contributed by atoms with Crippen molar-refractivity contribution in [2.45, 2.75) is 26.4 Å². The van der Waals surface area contributed by atoms with Gasteiger partial charge in [0.1, 0.15) is 0 Å². The summed E-state index contributed by atoms with van der Waals surface area (Å²) in [7, 11) is 3.30. The second kappa shape index (κ2) is 8.89. The van der Waals surface area contributed by atoms with Crippen LogP contribution in [-0.2, 0) is 11.3 Å². The summed E-state index contributed by atoms with van der Waals surface area (Å²) in [4.78, 5) is 16.6. The highest BCUT2D eigenvalue weighted by Gasteiger charge is 2.25. The lowest BCUT2D eigenvalue weighted by Crippen LogP contribution is -2.53. The molecule has 1 saturated heterocycles. The Morgan fingerprint density at radius 2 is 1.83 bits per heavy atom. The Hall–Kier alpha value is -1.79. The van der Waals surface area contributed by atoms with Gasteiger partial charge < -0.3 is 14.8 Å². The summed E-state index contributed by atoms with van der Waals surface area (Å²) in [5.41, 5.74) is 1.21. The molecule has 0 aromatic heterocycles. The lowest BCUT2D eigenvalue weighted by molar-refractivity contribution is -0.126. The number of carbonyl (C=O) groups excluding carboxylic acids is 1. The number of benzene rings is 1. The minimum atomic E-state index is -0.0619. The zero-order chi connectivity index (χ0) is 17.5. The van der Waals surface area contributed by atoms with Crippen LogP contribution in [0.25, 0.3) is 0 Å². The number of likely N-dealkylation sites (N-methyl/N-ethyl adjacent to an activating group) is 1. The molecule has 0 spiro atoms. The Bertz CT molecular complexity index is 542. The van der Waals surface area contributed by atoms with E-state index in [-0.39, 0.29) is 11.9 Å². The van der Waals surface area contributed by atoms with Crippen LogP contribution in [0.1, 0.15) is 19.4 Å². The third kappa shape index (κ3) is 4.61. The second-order valence-corrected chi connectivity index (χ2v) is 6.07. The summed E-state index contributed by atoms with van der Waals surface area (Å²) in [6, 6.07) is 5.99. The number of methoxy groups -OCH3 is 2. The largest absolute Gasteiger partial charge is 0.493 e. The molecular formula is C18H29N3O3. The van der Waals surface area contributed by atoms with Crippen LogP contribution < -0.4 is 14.8 Å². The smallest absolute Gasteiger partial charge is 0.237 e. The maximum absolute atomic E-state index is 12.0. The van der Waals surface area contributed by atoms with Crippen LogP contribution in [0.15, 0.2) is 18.2 Å². The van der Waals surface area contributed by atoms with Crippen LogP contribution in [0.2, 0.25) is 0 Å². The SMILES string of the molecule is CCNC(=O)[C@H](C)N1CCN(Cc2ccc(OC)c(OC)c2)CC1. The van der Waals surface area contributed by atoms with Crippen LogP contribution in [-0.4, -0.2) is 68.7 Å². The molecule has 2 rings (SSSR count). The molecule has 6 nitrogen and oxygen atoms in total. The van der Waals surface area contributed by atoms with Gasteiger partial charge in [-0.3, -0.25) is 14.6 Å². The molecule has 1 heterocycles. The van der Waals surface area contributed by atoms with E-state index >= 15 is 0 Å². The van der Waals surface area contributed by atoms with Gasteiger partial charge in [0, 0.05) is 39.3 Å². The van der Waals surface area contributed by atoms with Crippen molar-refractivity contribution in [2.24, 2.45) is 0 Å². The third-order valence-electron chi connectivity index (χ3n) is 4.54. The van der Waals surface area contributed by atoms with E-state index in [9.17, 15) is 4.79 Å². The molecule has 24 heavy (non-hydrogen) atoms. The van der Waals surface area contributed by atoms with Gasteiger partial charge in [-0.05, 0) is 31.5 Å². The van der Waals surface area contributed by atoms with Crippen molar-refractivity contribution < 1.29 is 14.3 Å². The van der Waals surface area contributed by atoms with Gasteiger partial charge in [0.15, 0.2) is 11.5 Å². The zero-order valence-corrected chi connectivity index (χ0v) is 15.2. The van der Waals surface area contributed by atoms with E-state index in [2.05, 4.69) is 21.2 Å². The van der Waals surface area contributed by atoms with Crippen molar-refractivity contribution in [2.75, 3.05) is 46.9 Å². The van der Waals surface area contributed by atoms with Gasteiger partial charge in [0.25, 0.3) is 0 Å². The summed E-state index contributed by atoms with van der Waals surface area (Å²) >= 11 is 0. The fourth-order valence-corrected chi connectivity index (χ4v) is 3.03. The number of amides is 1. The van der Waals surface area contributed by atoms with Crippen molar-refractivity contribution in [1.82, 2.24) is 15.1 Å². The maximum atomic E-state index is 12.0. The standard InChI is InChI=1S/C18H29N3O3/c1-5-19-18(22)14(2)21-10-8-20(9-11-21)13-15-6-7-16(23-3)17(12-15)24-4/h6-7,12,14H,5,8-11,13H2,1-4H3,(H,19,22)/t14-/m0/s1. The minimum Gasteiger partial charge on any atom is -0.493 e. The predicted molar refractivity (Wildman–Crippen MR) is 94.5 cm³/mol. The molecule has 1 aromatic carbocycles. The number of hydrogen-bond acceptors (Lipinski definition) is 5. The van der Waals surface area contributed by atoms with Gasteiger partial charge in [0.2, 0.25) is 5.91 Å². The van der Waals surface area contributed by atoms with E-state index in [4.69, 9.17) is 9.47 Å². The van der Waals surface area contributed by atoms with E-state index in [1.165, 1.54) is 5.56 Å². The topological polar surface area (TPSA) is 54.0 Å². The number of hydrogen-bond donors (Lipinski definition) is 1. The summed E-state index contributed by atoms with van der Waals surface area (Å²) in [6.07, 6.45) is 0. The molecular weight excluding hydrogens is 306 g/mol. The Kier molecular flexibility index (Phi) is 6.87. The summed E-state index contributed by atoms with van der Waals surface area (Å²) in [5.74, 6) is 1.63. The number of piperazine rings is 1. The van der Waals surface area contributed by atoms with Crippen LogP contribution >= 0.6 is 0 Å². The molecule has 1 N–H and O–H groups in total. The molecule has 1 atom stereocenters. The summed E-state index contributed by atoms with van der Waals surface area (Å²) in [6.45, 7) is 9.22. The van der Waals surface area contributed by atoms with Crippen molar-refractivity contribution in [3.63, 3.8) is 0 Å². The molecule has 0 aliphatic carbocycles. The number of nitrogens with one attached hydrogen (secondary N) is 1. The van der Waals surface area contributed by atoms with E-state index in [0.29, 0.717) is 6.54 Å². The van der Waals surface area contributed by atoms with E-state index in [1.54, 1.807) is 14.2 Å². The van der Waals surface area contributed by atoms with Gasteiger partial charge in [-0.1, -0.05) is 6.07 Å². The van der Waals surface area contributed by atoms with Gasteiger partial charge >= 0.3 is 0 Å². The molecule has 1 aliphatic heterocycles. The van der Waals surface area contributed by atoms with Crippen LogP contribution in [0.5, 0.6) is 11.5 Å². The summed E-state index contributed by atoms with van der Waals surface area (Å²) < 4.78 is 10.6. The van der Waals surface area contributed by atoms with Crippen molar-refractivity contribution in [3.8, 4) is 11.5 Å². The molecule has 1 aliphatic rings. The first-order valence-corrected chi connectivity index (χ1v) is 8.54. The van der Waals surface area contributed by atoms with Crippen molar-refractivity contribution in [1.29, 1.82) is 0 Å². The van der Waals surface area contributed by atoms with Gasteiger partial charge in [-0.25, -0.2) is 0 Å². The molecule has 1 amide bonds. The first-order valence-electron chi connectivity index (χ1n) is 8.54. The van der Waals surface area contributed by atoms with Crippen LogP contribution in [0.3, 0.4) is 0 Å². The monoisotopic (exact) mass is 335 g/mol. The predicted octanol–water partition coefficient (Wildman–Crippen LogP) is 1.35. The molecule has 0 unspecified atom stereocenters. The van der Waals surface area contributed by atoms with Gasteiger partial charge in [-0.2, -0.15) is 0 Å². The highest BCUT2D eigenvalue weighted by Crippen LogP contribution is 2.28. The molecule has 0 radical (unpaired) electrons. The molecule has 0 bridgehead atoms. The van der Waals surface area contributed by atoms with Crippen LogP contribution in [0.4, 0.5) is 0 Å². The lowest BCUT2D eigenvalue weighted by atomic mass is 10.1. The minimum absolute atomic E-state index is 0.0619. The Balaban J connectivity index is 1.88. The molecule has 1 aromatic rings. The van der Waals surface area contributed by atoms with Crippen molar-refractivity contribution in [3.05, 3.63) is 23.8 Å². The highest BCUT2D eigenvalue weighted by molar-refractivity contribution is 5.81. The van der Waals surface area contributed by atoms with Crippen LogP contribution in [0, 0.1) is 0 Å². The maximum Gasteiger partial charge on any atom is 0.237 e. The first kappa shape index (κ1) is 18.5. The normalized spacial score (nSPS) is 17.3. The second-order valence-electron chi connectivity index (χ2n) is 6.07. The lowest BCUT2D eigenvalue weighted by Gasteiger charge is -2.37. The van der Waals surface area contributed by atoms with E-state index in [1.807, 2.05) is 26.0 Å². The fraction of sp³-hybridized carbons (Fsp3) is 0.611. The number of carbonyl (C=O) groups is 1. The highest BCUT2D eigenvalue weighted by atomic mass is 16.5. The average Bonchev–Trinajstić information content (AvgIpc) is 2.61. The molecule has 0 saturated carbocycles. The van der Waals surface area contributed by atoms with E-state index in [0.717, 1.165) is 44.2 Å².